The molecule has 0 fully saturated rings. The van der Waals surface area contributed by atoms with E-state index in [2.05, 4.69) is 20.7 Å². The third-order valence-corrected chi connectivity index (χ3v) is 4.52. The van der Waals surface area contributed by atoms with Crippen LogP contribution in [0.2, 0.25) is 15.1 Å². The number of rotatable bonds is 8. The van der Waals surface area contributed by atoms with Crippen molar-refractivity contribution in [3.63, 3.8) is 0 Å². The lowest BCUT2D eigenvalue weighted by Gasteiger charge is -2.17. The molecule has 0 aliphatic heterocycles. The minimum Gasteiger partial charge on any atom is -0.380 e. The zero-order valence-corrected chi connectivity index (χ0v) is 17.6. The van der Waals surface area contributed by atoms with Gasteiger partial charge in [0, 0.05) is 12.2 Å². The maximum Gasteiger partial charge on any atom is 0.416 e. The van der Waals surface area contributed by atoms with Gasteiger partial charge in [-0.05, 0) is 24.3 Å². The van der Waals surface area contributed by atoms with Crippen LogP contribution in [0, 0.1) is 0 Å². The zero-order valence-electron chi connectivity index (χ0n) is 15.3. The number of halogens is 7. The second-order valence-corrected chi connectivity index (χ2v) is 7.06. The number of carbonyl (C=O) groups is 2. The lowest BCUT2D eigenvalue weighted by molar-refractivity contribution is -0.298. The Morgan fingerprint density at radius 1 is 1.03 bits per heavy atom. The van der Waals surface area contributed by atoms with Gasteiger partial charge in [-0.1, -0.05) is 46.9 Å². The topological polar surface area (TPSA) is 79.5 Å². The van der Waals surface area contributed by atoms with Gasteiger partial charge in [0.1, 0.15) is 0 Å². The molecule has 0 bridgehead atoms. The van der Waals surface area contributed by atoms with E-state index in [1.54, 1.807) is 12.1 Å². The molecule has 6 nitrogen and oxygen atoms in total. The number of alkyl halides is 4. The quantitative estimate of drug-likeness (QED) is 0.310. The molecule has 2 aromatic carbocycles. The Morgan fingerprint density at radius 3 is 2.23 bits per heavy atom. The fourth-order valence-corrected chi connectivity index (χ4v) is 3.06. The highest BCUT2D eigenvalue weighted by atomic mass is 35.5. The van der Waals surface area contributed by atoms with Gasteiger partial charge >= 0.3 is 18.6 Å². The molecule has 0 radical (unpaired) electrons. The van der Waals surface area contributed by atoms with E-state index in [-0.39, 0.29) is 38.6 Å². The van der Waals surface area contributed by atoms with Crippen molar-refractivity contribution >= 4 is 58.1 Å². The number of urea groups is 1. The molecule has 13 heteroatoms. The lowest BCUT2D eigenvalue weighted by atomic mass is 10.2. The Hall–Kier alpha value is -2.27. The molecular formula is C18H14Cl3F4N3O3. The van der Waals surface area contributed by atoms with E-state index in [1.807, 2.05) is 0 Å². The van der Waals surface area contributed by atoms with Gasteiger partial charge in [0.25, 0.3) is 5.91 Å². The average Bonchev–Trinajstić information content (AvgIpc) is 2.66. The number of benzene rings is 2. The van der Waals surface area contributed by atoms with Crippen molar-refractivity contribution in [2.24, 2.45) is 0 Å². The van der Waals surface area contributed by atoms with Crippen LogP contribution < -0.4 is 16.0 Å². The average molecular weight is 503 g/mol. The summed E-state index contributed by atoms with van der Waals surface area (Å²) in [6, 6.07) is 7.76. The summed E-state index contributed by atoms with van der Waals surface area (Å²) in [5.74, 6) is -0.737. The van der Waals surface area contributed by atoms with Crippen molar-refractivity contribution in [2.45, 2.75) is 12.5 Å². The standard InChI is InChI=1S/C18H14Cl3F4N3O3/c19-11-4-2-1-3-10(11)15(29)28-17(30)27-9-7-12(20)14(13(21)8-9)26-5-6-31-18(24,25)16(22)23/h1-4,7-8,16,26H,5-6H2,(H2,27,28,29,30). The molecule has 31 heavy (non-hydrogen) atoms. The van der Waals surface area contributed by atoms with E-state index in [4.69, 9.17) is 34.8 Å². The van der Waals surface area contributed by atoms with E-state index in [0.29, 0.717) is 0 Å². The third-order valence-electron chi connectivity index (χ3n) is 3.60. The summed E-state index contributed by atoms with van der Waals surface area (Å²) in [5.41, 5.74) is 0.311. The summed E-state index contributed by atoms with van der Waals surface area (Å²) >= 11 is 18.0. The fourth-order valence-electron chi connectivity index (χ4n) is 2.22. The number of anilines is 2. The zero-order chi connectivity index (χ0) is 23.2. The van der Waals surface area contributed by atoms with Gasteiger partial charge in [-0.25, -0.2) is 13.6 Å². The number of ether oxygens (including phenoxy) is 1. The minimum atomic E-state index is -4.57. The molecule has 168 valence electrons. The minimum absolute atomic E-state index is 0.0131. The van der Waals surface area contributed by atoms with Crippen LogP contribution in [0.1, 0.15) is 10.4 Å². The number of amides is 3. The maximum atomic E-state index is 12.7. The largest absolute Gasteiger partial charge is 0.416 e. The first-order valence-corrected chi connectivity index (χ1v) is 9.54. The summed E-state index contributed by atoms with van der Waals surface area (Å²) in [6.45, 7) is -1.06. The molecule has 3 N–H and O–H groups in total. The van der Waals surface area contributed by atoms with Crippen LogP contribution in [0.3, 0.4) is 0 Å². The van der Waals surface area contributed by atoms with Crippen LogP contribution >= 0.6 is 34.8 Å². The first kappa shape index (κ1) is 25.0. The van der Waals surface area contributed by atoms with Gasteiger partial charge < -0.3 is 15.4 Å². The summed E-state index contributed by atoms with van der Waals surface area (Å²) in [4.78, 5) is 24.1. The summed E-state index contributed by atoms with van der Waals surface area (Å²) in [7, 11) is 0. The van der Waals surface area contributed by atoms with Gasteiger partial charge in [0.2, 0.25) is 0 Å². The SMILES string of the molecule is O=C(NC(=O)c1ccccc1Cl)Nc1cc(Cl)c(NCCOC(F)(F)C(F)F)c(Cl)c1. The van der Waals surface area contributed by atoms with Crippen LogP contribution in [0.5, 0.6) is 0 Å². The summed E-state index contributed by atoms with van der Waals surface area (Å²) in [5, 5.41) is 7.13. The highest BCUT2D eigenvalue weighted by Crippen LogP contribution is 2.34. The monoisotopic (exact) mass is 501 g/mol. The van der Waals surface area contributed by atoms with Crippen molar-refractivity contribution in [1.82, 2.24) is 5.32 Å². The van der Waals surface area contributed by atoms with E-state index in [1.165, 1.54) is 24.3 Å². The molecule has 0 aliphatic carbocycles. The second-order valence-electron chi connectivity index (χ2n) is 5.84. The highest BCUT2D eigenvalue weighted by Gasteiger charge is 2.42. The second kappa shape index (κ2) is 10.9. The summed E-state index contributed by atoms with van der Waals surface area (Å²) in [6.07, 6.45) is -8.53. The molecule has 0 aromatic heterocycles. The molecule has 0 aliphatic rings. The van der Waals surface area contributed by atoms with Gasteiger partial charge in [-0.15, -0.1) is 0 Å². The van der Waals surface area contributed by atoms with Crippen molar-refractivity contribution in [3.8, 4) is 0 Å². The Bertz CT molecular complexity index is 941. The molecule has 0 saturated carbocycles. The fraction of sp³-hybridized carbons (Fsp3) is 0.222. The molecule has 2 rings (SSSR count). The number of hydrogen-bond donors (Lipinski definition) is 3. The predicted molar refractivity (Wildman–Crippen MR) is 110 cm³/mol. The maximum absolute atomic E-state index is 12.7. The van der Waals surface area contributed by atoms with Crippen LogP contribution in [-0.4, -0.2) is 37.6 Å². The number of carbonyl (C=O) groups excluding carboxylic acids is 2. The third kappa shape index (κ3) is 7.13. The Kier molecular flexibility index (Phi) is 8.75. The van der Waals surface area contributed by atoms with Crippen LogP contribution in [0.25, 0.3) is 0 Å². The number of hydrogen-bond acceptors (Lipinski definition) is 4. The molecule has 0 spiro atoms. The van der Waals surface area contributed by atoms with E-state index >= 15 is 0 Å². The van der Waals surface area contributed by atoms with E-state index in [0.717, 1.165) is 0 Å². The van der Waals surface area contributed by atoms with Crippen LogP contribution in [0.15, 0.2) is 36.4 Å². The van der Waals surface area contributed by atoms with Gasteiger partial charge in [-0.2, -0.15) is 8.78 Å². The first-order valence-electron chi connectivity index (χ1n) is 8.41. The molecule has 0 saturated heterocycles. The molecule has 3 amide bonds. The van der Waals surface area contributed by atoms with Crippen molar-refractivity contribution in [2.75, 3.05) is 23.8 Å². The molecule has 0 atom stereocenters. The van der Waals surface area contributed by atoms with E-state index in [9.17, 15) is 27.2 Å². The normalized spacial score (nSPS) is 11.4. The molecular weight excluding hydrogens is 489 g/mol. The Balaban J connectivity index is 1.94. The smallest absolute Gasteiger partial charge is 0.380 e. The van der Waals surface area contributed by atoms with Gasteiger partial charge in [0.15, 0.2) is 0 Å². The van der Waals surface area contributed by atoms with Gasteiger partial charge in [0.05, 0.1) is 32.9 Å². The Labute approximate surface area is 188 Å². The van der Waals surface area contributed by atoms with Gasteiger partial charge in [-0.3, -0.25) is 10.1 Å². The van der Waals surface area contributed by atoms with E-state index < -0.39 is 31.1 Å². The Morgan fingerprint density at radius 2 is 1.65 bits per heavy atom. The van der Waals surface area contributed by atoms with Crippen LogP contribution in [-0.2, 0) is 4.74 Å². The molecule has 2 aromatic rings. The van der Waals surface area contributed by atoms with Crippen molar-refractivity contribution in [3.05, 3.63) is 57.0 Å². The number of nitrogens with one attached hydrogen (secondary N) is 3. The molecule has 0 heterocycles. The summed E-state index contributed by atoms with van der Waals surface area (Å²) < 4.78 is 53.3. The molecule has 0 unspecified atom stereocenters. The van der Waals surface area contributed by atoms with Crippen molar-refractivity contribution < 1.29 is 31.9 Å². The van der Waals surface area contributed by atoms with Crippen molar-refractivity contribution in [1.29, 1.82) is 0 Å². The number of imide groups is 1. The predicted octanol–water partition coefficient (Wildman–Crippen LogP) is 5.90. The lowest BCUT2D eigenvalue weighted by Crippen LogP contribution is -2.34. The van der Waals surface area contributed by atoms with Crippen LogP contribution in [0.4, 0.5) is 33.7 Å². The highest BCUT2D eigenvalue weighted by molar-refractivity contribution is 6.39. The first-order chi connectivity index (χ1) is 14.5.